The number of hydrogen-bond acceptors (Lipinski definition) is 4. The van der Waals surface area contributed by atoms with Crippen molar-refractivity contribution in [3.05, 3.63) is 70.9 Å². The van der Waals surface area contributed by atoms with Crippen LogP contribution in [0.2, 0.25) is 0 Å². The minimum atomic E-state index is -0.151. The molecule has 0 spiro atoms. The highest BCUT2D eigenvalue weighted by molar-refractivity contribution is 6.05. The summed E-state index contributed by atoms with van der Waals surface area (Å²) in [7, 11) is 0. The molecule has 1 aliphatic rings. The third-order valence-corrected chi connectivity index (χ3v) is 4.56. The van der Waals surface area contributed by atoms with Gasteiger partial charge in [0, 0.05) is 29.9 Å². The molecule has 0 bridgehead atoms. The fourth-order valence-electron chi connectivity index (χ4n) is 2.95. The van der Waals surface area contributed by atoms with E-state index in [2.05, 4.69) is 37.2 Å². The zero-order valence-corrected chi connectivity index (χ0v) is 18.7. The first-order valence-corrected chi connectivity index (χ1v) is 10.4. The summed E-state index contributed by atoms with van der Waals surface area (Å²) in [6.07, 6.45) is 3.27. The van der Waals surface area contributed by atoms with E-state index in [1.54, 1.807) is 6.07 Å². The highest BCUT2D eigenvalue weighted by Gasteiger charge is 2.10. The van der Waals surface area contributed by atoms with Crippen molar-refractivity contribution in [3.63, 3.8) is 0 Å². The predicted octanol–water partition coefficient (Wildman–Crippen LogP) is 5.28. The monoisotopic (exact) mass is 407 g/mol. The van der Waals surface area contributed by atoms with E-state index in [0.717, 1.165) is 17.5 Å². The van der Waals surface area contributed by atoms with Crippen LogP contribution >= 0.6 is 0 Å². The topological polar surface area (TPSA) is 76.7 Å². The van der Waals surface area contributed by atoms with Crippen LogP contribution in [0.5, 0.6) is 5.75 Å². The predicted molar refractivity (Wildman–Crippen MR) is 126 cm³/mol. The summed E-state index contributed by atoms with van der Waals surface area (Å²) < 4.78 is 5.56. The van der Waals surface area contributed by atoms with Gasteiger partial charge in [-0.1, -0.05) is 43.7 Å². The van der Waals surface area contributed by atoms with Crippen LogP contribution < -0.4 is 15.8 Å². The Bertz CT molecular complexity index is 930. The fraction of sp³-hybridized carbons (Fsp3) is 0.360. The number of benzene rings is 2. The van der Waals surface area contributed by atoms with Gasteiger partial charge >= 0.3 is 0 Å². The van der Waals surface area contributed by atoms with Gasteiger partial charge in [0.1, 0.15) is 12.4 Å². The zero-order chi connectivity index (χ0) is 22.1. The molecule has 0 fully saturated rings. The Hall–Kier alpha value is -2.92. The molecule has 2 aromatic carbocycles. The standard InChI is InChI=1S/C17H20N2O2.C8H13N/c1-12-4-3-5-14(10-12)17(20)19-15-11-13(2)6-7-16(15)21-9-8-18;1-6(2)8-5-4-7(3)9-8/h3-7,10-11H,8-9,18H2,1-2H3,(H,19,20);5-6H,4H2,1-3H3. The third-order valence-electron chi connectivity index (χ3n) is 4.56. The second-order valence-electron chi connectivity index (χ2n) is 7.80. The Kier molecular flexibility index (Phi) is 8.81. The molecule has 1 amide bonds. The Labute approximate surface area is 180 Å². The number of allylic oxidation sites excluding steroid dienone is 2. The molecule has 3 N–H and O–H groups in total. The minimum Gasteiger partial charge on any atom is -0.490 e. The summed E-state index contributed by atoms with van der Waals surface area (Å²) in [5, 5.41) is 2.90. The van der Waals surface area contributed by atoms with Crippen LogP contribution in [-0.2, 0) is 0 Å². The third kappa shape index (κ3) is 7.16. The van der Waals surface area contributed by atoms with Crippen molar-refractivity contribution in [2.75, 3.05) is 18.5 Å². The van der Waals surface area contributed by atoms with Gasteiger partial charge in [-0.3, -0.25) is 9.79 Å². The Morgan fingerprint density at radius 2 is 1.87 bits per heavy atom. The average molecular weight is 408 g/mol. The second-order valence-corrected chi connectivity index (χ2v) is 7.80. The van der Waals surface area contributed by atoms with Crippen LogP contribution in [0.4, 0.5) is 5.69 Å². The summed E-state index contributed by atoms with van der Waals surface area (Å²) >= 11 is 0. The molecule has 0 atom stereocenters. The lowest BCUT2D eigenvalue weighted by Crippen LogP contribution is -2.15. The van der Waals surface area contributed by atoms with Gasteiger partial charge in [0.2, 0.25) is 0 Å². The fourth-order valence-corrected chi connectivity index (χ4v) is 2.95. The van der Waals surface area contributed by atoms with Crippen molar-refractivity contribution in [3.8, 4) is 5.75 Å². The molecule has 5 nitrogen and oxygen atoms in total. The zero-order valence-electron chi connectivity index (χ0n) is 18.7. The molecule has 1 heterocycles. The van der Waals surface area contributed by atoms with Gasteiger partial charge in [0.05, 0.1) is 5.69 Å². The van der Waals surface area contributed by atoms with Gasteiger partial charge < -0.3 is 15.8 Å². The first-order valence-electron chi connectivity index (χ1n) is 10.4. The number of nitrogens with zero attached hydrogens (tertiary/aromatic N) is 1. The molecule has 0 saturated carbocycles. The van der Waals surface area contributed by atoms with E-state index >= 15 is 0 Å². The van der Waals surface area contributed by atoms with Gasteiger partial charge in [-0.15, -0.1) is 0 Å². The number of rotatable bonds is 6. The van der Waals surface area contributed by atoms with Crippen LogP contribution in [0.15, 0.2) is 59.2 Å². The van der Waals surface area contributed by atoms with Crippen molar-refractivity contribution in [2.24, 2.45) is 16.6 Å². The maximum Gasteiger partial charge on any atom is 0.255 e. The van der Waals surface area contributed by atoms with Crippen molar-refractivity contribution >= 4 is 17.3 Å². The van der Waals surface area contributed by atoms with Crippen LogP contribution in [0, 0.1) is 19.8 Å². The summed E-state index contributed by atoms with van der Waals surface area (Å²) in [5.41, 5.74) is 11.3. The summed E-state index contributed by atoms with van der Waals surface area (Å²) in [5.74, 6) is 1.08. The smallest absolute Gasteiger partial charge is 0.255 e. The van der Waals surface area contributed by atoms with E-state index in [-0.39, 0.29) is 5.91 Å². The SMILES string of the molecule is CC1=NC(C(C)C)=CC1.Cc1cccc(C(=O)Nc2cc(C)ccc2OCCN)c1. The lowest BCUT2D eigenvalue weighted by atomic mass is 10.1. The van der Waals surface area contributed by atoms with Crippen LogP contribution in [0.3, 0.4) is 0 Å². The molecule has 0 saturated heterocycles. The number of aliphatic imine (C=N–C) groups is 1. The molecule has 0 aromatic heterocycles. The maximum atomic E-state index is 12.3. The van der Waals surface area contributed by atoms with Crippen molar-refractivity contribution in [1.82, 2.24) is 0 Å². The van der Waals surface area contributed by atoms with Crippen LogP contribution in [0.25, 0.3) is 0 Å². The van der Waals surface area contributed by atoms with Crippen molar-refractivity contribution in [1.29, 1.82) is 0 Å². The number of nitrogens with one attached hydrogen (secondary N) is 1. The van der Waals surface area contributed by atoms with Crippen molar-refractivity contribution < 1.29 is 9.53 Å². The maximum absolute atomic E-state index is 12.3. The highest BCUT2D eigenvalue weighted by atomic mass is 16.5. The number of hydrogen-bond donors (Lipinski definition) is 2. The van der Waals surface area contributed by atoms with Crippen LogP contribution in [-0.4, -0.2) is 24.8 Å². The lowest BCUT2D eigenvalue weighted by Gasteiger charge is -2.13. The Balaban J connectivity index is 0.000000297. The number of aryl methyl sites for hydroxylation is 2. The number of amides is 1. The largest absolute Gasteiger partial charge is 0.490 e. The van der Waals surface area contributed by atoms with E-state index in [9.17, 15) is 4.79 Å². The molecule has 160 valence electrons. The molecular weight excluding hydrogens is 374 g/mol. The normalized spacial score (nSPS) is 12.6. The number of ether oxygens (including phenoxy) is 1. The molecule has 1 aliphatic heterocycles. The van der Waals surface area contributed by atoms with Gasteiger partial charge in [-0.2, -0.15) is 0 Å². The summed E-state index contributed by atoms with van der Waals surface area (Å²) in [4.78, 5) is 16.7. The number of nitrogens with two attached hydrogens (primary N) is 1. The second kappa shape index (κ2) is 11.3. The molecule has 0 radical (unpaired) electrons. The Morgan fingerprint density at radius 1 is 1.13 bits per heavy atom. The summed E-state index contributed by atoms with van der Waals surface area (Å²) in [6.45, 7) is 11.2. The molecule has 0 aliphatic carbocycles. The van der Waals surface area contributed by atoms with Crippen molar-refractivity contribution in [2.45, 2.75) is 41.0 Å². The number of anilines is 1. The molecule has 5 heteroatoms. The van der Waals surface area contributed by atoms with E-state index in [4.69, 9.17) is 10.5 Å². The van der Waals surface area contributed by atoms with E-state index in [1.807, 2.05) is 50.2 Å². The van der Waals surface area contributed by atoms with Crippen LogP contribution in [0.1, 0.15) is 48.7 Å². The average Bonchev–Trinajstić information content (AvgIpc) is 3.15. The van der Waals surface area contributed by atoms with Gasteiger partial charge in [-0.05, 0) is 56.5 Å². The minimum absolute atomic E-state index is 0.151. The highest BCUT2D eigenvalue weighted by Crippen LogP contribution is 2.26. The molecule has 2 aromatic rings. The first kappa shape index (κ1) is 23.4. The quantitative estimate of drug-likeness (QED) is 0.683. The molecule has 30 heavy (non-hydrogen) atoms. The number of carbonyl (C=O) groups excluding carboxylic acids is 1. The van der Waals surface area contributed by atoms with E-state index in [1.165, 1.54) is 11.4 Å². The molecule has 0 unspecified atom stereocenters. The van der Waals surface area contributed by atoms with Gasteiger partial charge in [-0.25, -0.2) is 0 Å². The van der Waals surface area contributed by atoms with Gasteiger partial charge in [0.25, 0.3) is 5.91 Å². The Morgan fingerprint density at radius 3 is 2.43 bits per heavy atom. The number of carbonyl (C=O) groups is 1. The van der Waals surface area contributed by atoms with Gasteiger partial charge in [0.15, 0.2) is 0 Å². The van der Waals surface area contributed by atoms with E-state index in [0.29, 0.717) is 36.1 Å². The molecular formula is C25H33N3O2. The lowest BCUT2D eigenvalue weighted by molar-refractivity contribution is 0.102. The first-order chi connectivity index (χ1) is 14.3. The van der Waals surface area contributed by atoms with E-state index < -0.39 is 0 Å². The summed E-state index contributed by atoms with van der Waals surface area (Å²) in [6, 6.07) is 13.1. The molecule has 3 rings (SSSR count).